The number of alkyl halides is 4. The molecule has 0 radical (unpaired) electrons. The van der Waals surface area contributed by atoms with Gasteiger partial charge < -0.3 is 20.5 Å². The van der Waals surface area contributed by atoms with Gasteiger partial charge in [-0.05, 0) is 66.3 Å². The molecule has 1 aliphatic heterocycles. The first-order valence-corrected chi connectivity index (χ1v) is 13.8. The molecule has 0 spiro atoms. The largest absolute Gasteiger partial charge is 0.507 e. The van der Waals surface area contributed by atoms with E-state index in [0.717, 1.165) is 37.8 Å². The lowest BCUT2D eigenvalue weighted by Gasteiger charge is -2.32. The number of urea groups is 1. The fraction of sp³-hybridized carbons (Fsp3) is 0.300. The van der Waals surface area contributed by atoms with E-state index in [1.165, 1.54) is 35.1 Å². The number of anilines is 2. The van der Waals surface area contributed by atoms with E-state index in [4.69, 9.17) is 11.3 Å². The lowest BCUT2D eigenvalue weighted by molar-refractivity contribution is -0.391. The zero-order valence-electron chi connectivity index (χ0n) is 23.2. The van der Waals surface area contributed by atoms with Gasteiger partial charge in [-0.2, -0.15) is 22.6 Å². The molecule has 14 heteroatoms. The van der Waals surface area contributed by atoms with Gasteiger partial charge in [-0.3, -0.25) is 9.69 Å². The number of guanidine groups is 1. The van der Waals surface area contributed by atoms with Crippen molar-refractivity contribution in [1.29, 1.82) is 5.53 Å². The molecular weight excluding hydrogens is 584 g/mol. The van der Waals surface area contributed by atoms with E-state index < -0.39 is 41.6 Å². The van der Waals surface area contributed by atoms with Crippen LogP contribution in [0.4, 0.5) is 33.7 Å². The Morgan fingerprint density at radius 1 is 0.909 bits per heavy atom. The van der Waals surface area contributed by atoms with Crippen molar-refractivity contribution in [3.05, 3.63) is 83.4 Å². The van der Waals surface area contributed by atoms with Crippen LogP contribution in [0.15, 0.2) is 76.8 Å². The molecule has 3 aromatic rings. The molecule has 2 aliphatic rings. The molecule has 0 unspecified atom stereocenters. The number of carbonyl (C=O) groups excluding carboxylic acids is 2. The Morgan fingerprint density at radius 2 is 1.55 bits per heavy atom. The summed E-state index contributed by atoms with van der Waals surface area (Å²) in [5.74, 6) is -2.02. The number of fused-ring (bicyclic) bond motifs is 1. The lowest BCUT2D eigenvalue weighted by atomic mass is 9.84. The van der Waals surface area contributed by atoms with Gasteiger partial charge >= 0.3 is 18.2 Å². The van der Waals surface area contributed by atoms with Crippen molar-refractivity contribution in [2.45, 2.75) is 56.8 Å². The number of nitrogens with two attached hydrogens (primary N) is 1. The highest BCUT2D eigenvalue weighted by molar-refractivity contribution is 6.03. The van der Waals surface area contributed by atoms with Gasteiger partial charge in [-0.25, -0.2) is 10.3 Å². The number of halogens is 4. The van der Waals surface area contributed by atoms with Crippen molar-refractivity contribution < 1.29 is 36.6 Å². The van der Waals surface area contributed by atoms with Crippen LogP contribution in [0.2, 0.25) is 0 Å². The van der Waals surface area contributed by atoms with E-state index in [1.807, 2.05) is 24.3 Å². The molecular formula is C30H28F4N6O4. The van der Waals surface area contributed by atoms with Gasteiger partial charge in [-0.15, -0.1) is 5.11 Å². The Hall–Kier alpha value is -5.01. The van der Waals surface area contributed by atoms with Crippen LogP contribution in [0.5, 0.6) is 11.5 Å². The van der Waals surface area contributed by atoms with Crippen molar-refractivity contribution in [2.75, 3.05) is 10.2 Å². The summed E-state index contributed by atoms with van der Waals surface area (Å²) in [5, 5.41) is 5.49. The Bertz CT molecular complexity index is 1580. The number of rotatable bonds is 6. The lowest BCUT2D eigenvalue weighted by Crippen LogP contribution is -2.52. The van der Waals surface area contributed by atoms with Crippen LogP contribution in [0, 0.1) is 5.53 Å². The van der Waals surface area contributed by atoms with Crippen molar-refractivity contribution in [3.63, 3.8) is 0 Å². The quantitative estimate of drug-likeness (QED) is 0.115. The van der Waals surface area contributed by atoms with Crippen LogP contribution in [0.1, 0.15) is 59.5 Å². The Morgan fingerprint density at radius 3 is 2.18 bits per heavy atom. The van der Waals surface area contributed by atoms with E-state index in [-0.39, 0.29) is 17.8 Å². The van der Waals surface area contributed by atoms with Crippen molar-refractivity contribution in [3.8, 4) is 11.5 Å². The SMILES string of the molecule is N=NC(N)=NC(=O)c1ccc(CN(C(=O)Nc2ccc3c(c2)OC(F)(F)C(F)(F)O3)c2ccc(C3CCCCC3)cc2)cc1. The Balaban J connectivity index is 1.39. The van der Waals surface area contributed by atoms with E-state index in [2.05, 4.69) is 24.9 Å². The summed E-state index contributed by atoms with van der Waals surface area (Å²) in [6, 6.07) is 16.3. The summed E-state index contributed by atoms with van der Waals surface area (Å²) < 4.78 is 62.9. The predicted molar refractivity (Wildman–Crippen MR) is 153 cm³/mol. The average molecular weight is 613 g/mol. The zero-order valence-corrected chi connectivity index (χ0v) is 23.2. The van der Waals surface area contributed by atoms with Gasteiger partial charge in [0.2, 0.25) is 5.96 Å². The summed E-state index contributed by atoms with van der Waals surface area (Å²) in [6.45, 7) is 0.0331. The van der Waals surface area contributed by atoms with Gasteiger partial charge in [0.05, 0.1) is 6.54 Å². The molecule has 3 aromatic carbocycles. The van der Waals surface area contributed by atoms with Gasteiger partial charge in [-0.1, -0.05) is 43.5 Å². The molecule has 1 saturated carbocycles. The number of amides is 3. The van der Waals surface area contributed by atoms with Crippen molar-refractivity contribution in [1.82, 2.24) is 0 Å². The normalized spacial score (nSPS) is 17.4. The summed E-state index contributed by atoms with van der Waals surface area (Å²) >= 11 is 0. The van der Waals surface area contributed by atoms with Crippen molar-refractivity contribution >= 4 is 29.3 Å². The molecule has 44 heavy (non-hydrogen) atoms. The number of nitrogens with zero attached hydrogens (tertiary/aromatic N) is 3. The van der Waals surface area contributed by atoms with Crippen molar-refractivity contribution in [2.24, 2.45) is 15.8 Å². The fourth-order valence-corrected chi connectivity index (χ4v) is 5.11. The highest BCUT2D eigenvalue weighted by Crippen LogP contribution is 2.47. The number of ether oxygens (including phenoxy) is 2. The molecule has 0 aromatic heterocycles. The highest BCUT2D eigenvalue weighted by atomic mass is 19.3. The fourth-order valence-electron chi connectivity index (χ4n) is 5.11. The number of hydrogen-bond acceptors (Lipinski definition) is 5. The molecule has 10 nitrogen and oxygen atoms in total. The number of nitrogens with one attached hydrogen (secondary N) is 2. The Labute approximate surface area is 249 Å². The molecule has 3 amide bonds. The zero-order chi connectivity index (χ0) is 31.5. The van der Waals surface area contributed by atoms with Crippen LogP contribution in [-0.2, 0) is 6.54 Å². The third-order valence-corrected chi connectivity index (χ3v) is 7.41. The van der Waals surface area contributed by atoms with Gasteiger partial charge in [0, 0.05) is 23.0 Å². The predicted octanol–water partition coefficient (Wildman–Crippen LogP) is 7.42. The molecule has 0 bridgehead atoms. The summed E-state index contributed by atoms with van der Waals surface area (Å²) in [5.41, 5.74) is 14.7. The first kappa shape index (κ1) is 30.4. The van der Waals surface area contributed by atoms with E-state index >= 15 is 0 Å². The van der Waals surface area contributed by atoms with Gasteiger partial charge in [0.1, 0.15) is 0 Å². The summed E-state index contributed by atoms with van der Waals surface area (Å²) in [4.78, 5) is 30.7. The maximum atomic E-state index is 13.7. The minimum atomic E-state index is -4.91. The number of aliphatic imine (C=N–C) groups is 1. The molecule has 4 N–H and O–H groups in total. The topological polar surface area (TPSA) is 142 Å². The van der Waals surface area contributed by atoms with Crippen LogP contribution in [-0.4, -0.2) is 30.1 Å². The van der Waals surface area contributed by atoms with Gasteiger partial charge in [0.25, 0.3) is 5.91 Å². The third-order valence-electron chi connectivity index (χ3n) is 7.41. The van der Waals surface area contributed by atoms with Crippen LogP contribution in [0.3, 0.4) is 0 Å². The second-order valence-electron chi connectivity index (χ2n) is 10.4. The highest BCUT2D eigenvalue weighted by Gasteiger charge is 2.66. The van der Waals surface area contributed by atoms with Crippen LogP contribution in [0.25, 0.3) is 0 Å². The smallest absolute Gasteiger partial charge is 0.421 e. The van der Waals surface area contributed by atoms with E-state index in [0.29, 0.717) is 17.2 Å². The minimum Gasteiger partial charge on any atom is -0.421 e. The first-order chi connectivity index (χ1) is 21.0. The number of benzene rings is 3. The minimum absolute atomic E-state index is 0.00149. The molecule has 1 heterocycles. The third kappa shape index (κ3) is 6.63. The molecule has 0 saturated heterocycles. The number of hydrogen-bond donors (Lipinski definition) is 3. The van der Waals surface area contributed by atoms with Gasteiger partial charge in [0.15, 0.2) is 11.5 Å². The maximum Gasteiger partial charge on any atom is 0.507 e. The second kappa shape index (κ2) is 12.3. The standard InChI is InChI=1S/C30H28F4N6O4/c31-29(32)30(33,34)44-25-16-22(12-15-24(25)43-29)37-28(42)40(23-13-10-20(11-14-23)19-4-2-1-3-5-19)17-18-6-8-21(9-7-18)26(41)38-27(35)39-36/h6-16,19,36H,1-5,17H2,(H,37,42)(H2,35,38,41). The first-order valence-electron chi connectivity index (χ1n) is 13.8. The summed E-state index contributed by atoms with van der Waals surface area (Å²) in [7, 11) is 0. The summed E-state index contributed by atoms with van der Waals surface area (Å²) in [6.07, 6.45) is -4.05. The second-order valence-corrected chi connectivity index (χ2v) is 10.4. The van der Waals surface area contributed by atoms with E-state index in [9.17, 15) is 27.2 Å². The van der Waals surface area contributed by atoms with Crippen LogP contribution >= 0.6 is 0 Å². The van der Waals surface area contributed by atoms with E-state index in [1.54, 1.807) is 12.1 Å². The number of carbonyl (C=O) groups is 2. The van der Waals surface area contributed by atoms with Crippen LogP contribution < -0.4 is 25.4 Å². The molecule has 5 rings (SSSR count). The maximum absolute atomic E-state index is 13.7. The molecule has 230 valence electrons. The molecule has 1 fully saturated rings. The monoisotopic (exact) mass is 612 g/mol. The average Bonchev–Trinajstić information content (AvgIpc) is 3.01. The Kier molecular flexibility index (Phi) is 8.52. The molecule has 1 aliphatic carbocycles. The molecule has 0 atom stereocenters.